The summed E-state index contributed by atoms with van der Waals surface area (Å²) in [5, 5.41) is 3.05. The lowest BCUT2D eigenvalue weighted by atomic mass is 9.87. The third-order valence-electron chi connectivity index (χ3n) is 3.37. The molecular weight excluding hydrogens is 223 g/mol. The van der Waals surface area contributed by atoms with Crippen molar-refractivity contribution >= 4 is 6.09 Å². The smallest absolute Gasteiger partial charge is 0.410 e. The van der Waals surface area contributed by atoms with E-state index in [1.807, 2.05) is 20.8 Å². The van der Waals surface area contributed by atoms with Crippen LogP contribution in [0.4, 0.5) is 9.18 Å². The van der Waals surface area contributed by atoms with Crippen LogP contribution in [-0.4, -0.2) is 48.4 Å². The minimum absolute atomic E-state index is 0.0451. The molecule has 2 heterocycles. The number of ether oxygens (including phenoxy) is 1. The summed E-state index contributed by atoms with van der Waals surface area (Å²) < 4.78 is 19.8. The Kier molecular flexibility index (Phi) is 3.06. The summed E-state index contributed by atoms with van der Waals surface area (Å²) in [4.78, 5) is 13.4. The first-order valence-corrected chi connectivity index (χ1v) is 6.18. The molecule has 4 nitrogen and oxygen atoms in total. The fraction of sp³-hybridized carbons (Fsp3) is 0.917. The Hall–Kier alpha value is -0.840. The van der Waals surface area contributed by atoms with Gasteiger partial charge in [0.15, 0.2) is 0 Å². The van der Waals surface area contributed by atoms with Gasteiger partial charge in [0, 0.05) is 19.0 Å². The van der Waals surface area contributed by atoms with Crippen LogP contribution in [0.1, 0.15) is 27.2 Å². The number of fused-ring (bicyclic) bond motifs is 1. The van der Waals surface area contributed by atoms with Gasteiger partial charge in [0.1, 0.15) is 11.3 Å². The molecule has 0 radical (unpaired) electrons. The third-order valence-corrected chi connectivity index (χ3v) is 3.37. The van der Waals surface area contributed by atoms with E-state index < -0.39 is 17.4 Å². The Morgan fingerprint density at radius 2 is 2.24 bits per heavy atom. The van der Waals surface area contributed by atoms with E-state index in [1.165, 1.54) is 4.90 Å². The minimum atomic E-state index is -1.27. The molecule has 98 valence electrons. The highest BCUT2D eigenvalue weighted by molar-refractivity contribution is 5.68. The molecule has 0 aromatic rings. The van der Waals surface area contributed by atoms with Gasteiger partial charge in [0.25, 0.3) is 0 Å². The Bertz CT molecular complexity index is 316. The Morgan fingerprint density at radius 1 is 1.53 bits per heavy atom. The number of alkyl halides is 1. The van der Waals surface area contributed by atoms with Crippen LogP contribution in [0.5, 0.6) is 0 Å². The second-order valence-electron chi connectivity index (χ2n) is 6.06. The molecule has 2 rings (SSSR count). The van der Waals surface area contributed by atoms with Crippen LogP contribution in [0.3, 0.4) is 0 Å². The van der Waals surface area contributed by atoms with Gasteiger partial charge < -0.3 is 15.0 Å². The molecule has 0 unspecified atom stereocenters. The number of carbonyl (C=O) groups excluding carboxylic acids is 1. The first-order chi connectivity index (χ1) is 7.80. The number of amides is 1. The summed E-state index contributed by atoms with van der Waals surface area (Å²) in [5.74, 6) is -0.0451. The number of nitrogens with one attached hydrogen (secondary N) is 1. The summed E-state index contributed by atoms with van der Waals surface area (Å²) in [6.07, 6.45) is 0.388. The predicted octanol–water partition coefficient (Wildman–Crippen LogP) is 1.55. The van der Waals surface area contributed by atoms with Crippen LogP contribution in [0.2, 0.25) is 0 Å². The van der Waals surface area contributed by atoms with Gasteiger partial charge in [-0.3, -0.25) is 0 Å². The van der Waals surface area contributed by atoms with Crippen molar-refractivity contribution in [1.82, 2.24) is 10.2 Å². The molecule has 5 heteroatoms. The van der Waals surface area contributed by atoms with E-state index in [0.717, 1.165) is 13.0 Å². The van der Waals surface area contributed by atoms with Crippen molar-refractivity contribution in [3.8, 4) is 0 Å². The molecule has 0 spiro atoms. The number of halogens is 1. The fourth-order valence-electron chi connectivity index (χ4n) is 2.53. The molecule has 2 saturated heterocycles. The van der Waals surface area contributed by atoms with Gasteiger partial charge in [-0.15, -0.1) is 0 Å². The average Bonchev–Trinajstić information content (AvgIpc) is 2.52. The van der Waals surface area contributed by atoms with Crippen LogP contribution >= 0.6 is 0 Å². The summed E-state index contributed by atoms with van der Waals surface area (Å²) in [5.41, 5.74) is -1.79. The van der Waals surface area contributed by atoms with E-state index >= 15 is 0 Å². The Balaban J connectivity index is 1.99. The third kappa shape index (κ3) is 2.70. The topological polar surface area (TPSA) is 41.6 Å². The van der Waals surface area contributed by atoms with Crippen molar-refractivity contribution in [2.24, 2.45) is 5.92 Å². The van der Waals surface area contributed by atoms with Crippen molar-refractivity contribution in [1.29, 1.82) is 0 Å². The Morgan fingerprint density at radius 3 is 2.82 bits per heavy atom. The van der Waals surface area contributed by atoms with Crippen LogP contribution in [-0.2, 0) is 4.74 Å². The van der Waals surface area contributed by atoms with Gasteiger partial charge >= 0.3 is 6.09 Å². The van der Waals surface area contributed by atoms with E-state index in [-0.39, 0.29) is 12.5 Å². The zero-order valence-electron chi connectivity index (χ0n) is 10.8. The van der Waals surface area contributed by atoms with E-state index in [2.05, 4.69) is 5.32 Å². The average molecular weight is 244 g/mol. The number of piperidine rings is 1. The van der Waals surface area contributed by atoms with Crippen LogP contribution in [0, 0.1) is 5.92 Å². The van der Waals surface area contributed by atoms with Gasteiger partial charge in [-0.05, 0) is 33.7 Å². The van der Waals surface area contributed by atoms with E-state index in [9.17, 15) is 9.18 Å². The molecular formula is C12H21FN2O2. The number of rotatable bonds is 0. The maximum absolute atomic E-state index is 14.5. The van der Waals surface area contributed by atoms with Gasteiger partial charge in [-0.2, -0.15) is 0 Å². The maximum atomic E-state index is 14.5. The lowest BCUT2D eigenvalue weighted by Crippen LogP contribution is -2.49. The number of carbonyl (C=O) groups is 1. The van der Waals surface area contributed by atoms with Crippen LogP contribution in [0.15, 0.2) is 0 Å². The molecule has 0 aromatic heterocycles. The molecule has 0 aromatic carbocycles. The van der Waals surface area contributed by atoms with E-state index in [1.54, 1.807) is 0 Å². The highest BCUT2D eigenvalue weighted by Crippen LogP contribution is 2.36. The lowest BCUT2D eigenvalue weighted by Gasteiger charge is -2.31. The molecule has 1 amide bonds. The Labute approximate surface area is 101 Å². The summed E-state index contributed by atoms with van der Waals surface area (Å²) in [6, 6.07) is 0. The molecule has 0 saturated carbocycles. The quantitative estimate of drug-likeness (QED) is 0.703. The number of hydrogen-bond acceptors (Lipinski definition) is 3. The molecule has 0 bridgehead atoms. The number of hydrogen-bond donors (Lipinski definition) is 1. The normalized spacial score (nSPS) is 33.4. The predicted molar refractivity (Wildman–Crippen MR) is 62.6 cm³/mol. The van der Waals surface area contributed by atoms with Crippen molar-refractivity contribution < 1.29 is 13.9 Å². The SMILES string of the molecule is CC(C)(C)OC(=O)N1C[C@@H]2CCNC[C@]2(F)C1. The molecule has 17 heavy (non-hydrogen) atoms. The highest BCUT2D eigenvalue weighted by Gasteiger charge is 2.50. The zero-order chi connectivity index (χ0) is 12.7. The number of nitrogens with zero attached hydrogens (tertiary/aromatic N) is 1. The zero-order valence-corrected chi connectivity index (χ0v) is 10.8. The highest BCUT2D eigenvalue weighted by atomic mass is 19.1. The summed E-state index contributed by atoms with van der Waals surface area (Å²) >= 11 is 0. The van der Waals surface area contributed by atoms with Crippen molar-refractivity contribution in [2.75, 3.05) is 26.2 Å². The van der Waals surface area contributed by atoms with Crippen molar-refractivity contribution in [3.05, 3.63) is 0 Å². The maximum Gasteiger partial charge on any atom is 0.410 e. The molecule has 2 atom stereocenters. The standard InChI is InChI=1S/C12H21FN2O2/c1-11(2,3)17-10(16)15-6-9-4-5-14-7-12(9,13)8-15/h9,14H,4-8H2,1-3H3/t9-,12-/m0/s1. The molecule has 0 aliphatic carbocycles. The van der Waals surface area contributed by atoms with Crippen LogP contribution in [0.25, 0.3) is 0 Å². The van der Waals surface area contributed by atoms with Crippen molar-refractivity contribution in [2.45, 2.75) is 38.5 Å². The largest absolute Gasteiger partial charge is 0.444 e. The van der Waals surface area contributed by atoms with E-state index in [0.29, 0.717) is 13.1 Å². The first-order valence-electron chi connectivity index (χ1n) is 6.18. The summed E-state index contributed by atoms with van der Waals surface area (Å²) in [7, 11) is 0. The van der Waals surface area contributed by atoms with Gasteiger partial charge in [0.2, 0.25) is 0 Å². The second-order valence-corrected chi connectivity index (χ2v) is 6.06. The summed E-state index contributed by atoms with van der Waals surface area (Å²) in [6.45, 7) is 7.27. The van der Waals surface area contributed by atoms with Gasteiger partial charge in [-0.25, -0.2) is 9.18 Å². The minimum Gasteiger partial charge on any atom is -0.444 e. The van der Waals surface area contributed by atoms with Gasteiger partial charge in [-0.1, -0.05) is 0 Å². The fourth-order valence-corrected chi connectivity index (χ4v) is 2.53. The van der Waals surface area contributed by atoms with Crippen LogP contribution < -0.4 is 5.32 Å². The lowest BCUT2D eigenvalue weighted by molar-refractivity contribution is 0.0256. The second kappa shape index (κ2) is 4.12. The number of likely N-dealkylation sites (tertiary alicyclic amines) is 1. The van der Waals surface area contributed by atoms with Gasteiger partial charge in [0.05, 0.1) is 6.54 Å². The van der Waals surface area contributed by atoms with Crippen molar-refractivity contribution in [3.63, 3.8) is 0 Å². The molecule has 1 N–H and O–H groups in total. The molecule has 2 aliphatic heterocycles. The van der Waals surface area contributed by atoms with E-state index in [4.69, 9.17) is 4.74 Å². The molecule has 2 fully saturated rings. The first kappa shape index (κ1) is 12.6. The monoisotopic (exact) mass is 244 g/mol. The molecule has 2 aliphatic rings.